The zero-order chi connectivity index (χ0) is 24.0. The molecule has 0 saturated carbocycles. The zero-order valence-electron chi connectivity index (χ0n) is 18.2. The van der Waals surface area contributed by atoms with E-state index in [1.807, 2.05) is 31.2 Å². The van der Waals surface area contributed by atoms with E-state index in [-0.39, 0.29) is 26.7 Å². The first kappa shape index (κ1) is 24.9. The monoisotopic (exact) mass is 506 g/mol. The van der Waals surface area contributed by atoms with E-state index in [1.165, 1.54) is 30.3 Å². The van der Waals surface area contributed by atoms with Gasteiger partial charge in [0.15, 0.2) is 0 Å². The molecule has 1 atom stereocenters. The molecule has 33 heavy (non-hydrogen) atoms. The van der Waals surface area contributed by atoms with Crippen molar-refractivity contribution in [1.29, 1.82) is 0 Å². The Morgan fingerprint density at radius 1 is 1.00 bits per heavy atom. The van der Waals surface area contributed by atoms with Crippen LogP contribution in [0.2, 0.25) is 10.0 Å². The van der Waals surface area contributed by atoms with E-state index in [0.717, 1.165) is 9.87 Å². The zero-order valence-corrected chi connectivity index (χ0v) is 20.5. The first-order valence-corrected chi connectivity index (χ1v) is 12.4. The molecular weight excluding hydrogens is 483 g/mol. The Morgan fingerprint density at radius 3 is 2.24 bits per heavy atom. The second-order valence-electron chi connectivity index (χ2n) is 7.22. The van der Waals surface area contributed by atoms with Crippen molar-refractivity contribution in [1.82, 2.24) is 5.32 Å². The molecule has 0 aliphatic rings. The third-order valence-corrected chi connectivity index (χ3v) is 7.60. The van der Waals surface area contributed by atoms with Crippen molar-refractivity contribution in [2.45, 2.75) is 24.3 Å². The third-order valence-electron chi connectivity index (χ3n) is 5.07. The number of hydrogen-bond donors (Lipinski definition) is 1. The number of nitrogens with zero attached hydrogens (tertiary/aromatic N) is 1. The van der Waals surface area contributed by atoms with Crippen molar-refractivity contribution >= 4 is 44.8 Å². The maximum absolute atomic E-state index is 13.4. The first-order valence-electron chi connectivity index (χ1n) is 10.2. The Balaban J connectivity index is 1.90. The Labute approximate surface area is 204 Å². The molecule has 6 nitrogen and oxygen atoms in total. The molecular formula is C24H24Cl2N2O4S. The van der Waals surface area contributed by atoms with Crippen molar-refractivity contribution in [3.05, 3.63) is 88.4 Å². The molecule has 0 aromatic heterocycles. The van der Waals surface area contributed by atoms with Crippen LogP contribution in [0.4, 0.5) is 5.69 Å². The van der Waals surface area contributed by atoms with Gasteiger partial charge in [0.2, 0.25) is 5.91 Å². The minimum Gasteiger partial charge on any atom is -0.497 e. The lowest BCUT2D eigenvalue weighted by molar-refractivity contribution is -0.120. The molecule has 0 heterocycles. The smallest absolute Gasteiger partial charge is 0.264 e. The highest BCUT2D eigenvalue weighted by Crippen LogP contribution is 2.30. The number of hydrogen-bond acceptors (Lipinski definition) is 4. The molecule has 0 saturated heterocycles. The van der Waals surface area contributed by atoms with Gasteiger partial charge in [-0.2, -0.15) is 0 Å². The number of methoxy groups -OCH3 is 1. The molecule has 3 aromatic carbocycles. The molecule has 3 aromatic rings. The van der Waals surface area contributed by atoms with Gasteiger partial charge in [-0.1, -0.05) is 60.5 Å². The third kappa shape index (κ3) is 5.99. The molecule has 174 valence electrons. The van der Waals surface area contributed by atoms with Crippen LogP contribution in [0.15, 0.2) is 77.7 Å². The minimum atomic E-state index is -4.04. The summed E-state index contributed by atoms with van der Waals surface area (Å²) in [6, 6.07) is 19.4. The van der Waals surface area contributed by atoms with Crippen LogP contribution in [0, 0.1) is 0 Å². The van der Waals surface area contributed by atoms with Gasteiger partial charge in [-0.25, -0.2) is 8.42 Å². The number of halogens is 2. The van der Waals surface area contributed by atoms with Crippen molar-refractivity contribution in [2.24, 2.45) is 0 Å². The molecule has 0 aliphatic heterocycles. The van der Waals surface area contributed by atoms with Crippen LogP contribution in [0.3, 0.4) is 0 Å². The van der Waals surface area contributed by atoms with Gasteiger partial charge in [0, 0.05) is 0 Å². The predicted molar refractivity (Wildman–Crippen MR) is 132 cm³/mol. The molecule has 0 radical (unpaired) electrons. The fourth-order valence-corrected chi connectivity index (χ4v) is 5.03. The van der Waals surface area contributed by atoms with Gasteiger partial charge in [-0.15, -0.1) is 0 Å². The Kier molecular flexibility index (Phi) is 8.24. The van der Waals surface area contributed by atoms with E-state index in [1.54, 1.807) is 25.3 Å². The fraction of sp³-hybridized carbons (Fsp3) is 0.208. The van der Waals surface area contributed by atoms with E-state index in [9.17, 15) is 13.2 Å². The number of nitrogens with one attached hydrogen (secondary N) is 1. The van der Waals surface area contributed by atoms with Crippen molar-refractivity contribution in [3.63, 3.8) is 0 Å². The summed E-state index contributed by atoms with van der Waals surface area (Å²) < 4.78 is 33.0. The van der Waals surface area contributed by atoms with E-state index < -0.39 is 22.5 Å². The molecule has 0 bridgehead atoms. The van der Waals surface area contributed by atoms with Crippen LogP contribution in [0.5, 0.6) is 5.75 Å². The number of rotatable bonds is 9. The van der Waals surface area contributed by atoms with Gasteiger partial charge in [0.05, 0.1) is 33.8 Å². The molecule has 9 heteroatoms. The topological polar surface area (TPSA) is 75.7 Å². The number of ether oxygens (including phenoxy) is 1. The second-order valence-corrected chi connectivity index (χ2v) is 9.90. The summed E-state index contributed by atoms with van der Waals surface area (Å²) in [5.41, 5.74) is 1.12. The molecule has 3 rings (SSSR count). The minimum absolute atomic E-state index is 0.0612. The van der Waals surface area contributed by atoms with E-state index in [2.05, 4.69) is 5.32 Å². The van der Waals surface area contributed by atoms with Gasteiger partial charge in [-0.05, 0) is 54.4 Å². The second kappa shape index (κ2) is 10.9. The summed E-state index contributed by atoms with van der Waals surface area (Å²) in [5.74, 6) is 0.253. The number of amides is 1. The molecule has 1 N–H and O–H groups in total. The lowest BCUT2D eigenvalue weighted by Crippen LogP contribution is -2.42. The van der Waals surface area contributed by atoms with Gasteiger partial charge in [0.1, 0.15) is 12.3 Å². The highest BCUT2D eigenvalue weighted by atomic mass is 35.5. The van der Waals surface area contributed by atoms with Gasteiger partial charge >= 0.3 is 0 Å². The van der Waals surface area contributed by atoms with Gasteiger partial charge < -0.3 is 10.1 Å². The number of carbonyl (C=O) groups is 1. The lowest BCUT2D eigenvalue weighted by Gasteiger charge is -2.26. The quantitative estimate of drug-likeness (QED) is 0.417. The van der Waals surface area contributed by atoms with Crippen LogP contribution in [-0.2, 0) is 14.8 Å². The maximum Gasteiger partial charge on any atom is 0.264 e. The van der Waals surface area contributed by atoms with Crippen LogP contribution >= 0.6 is 23.2 Å². The Morgan fingerprint density at radius 2 is 1.67 bits per heavy atom. The lowest BCUT2D eigenvalue weighted by atomic mass is 10.0. The summed E-state index contributed by atoms with van der Waals surface area (Å²) in [5, 5.41) is 3.40. The number of anilines is 1. The van der Waals surface area contributed by atoms with E-state index in [0.29, 0.717) is 12.2 Å². The predicted octanol–water partition coefficient (Wildman–Crippen LogP) is 5.46. The molecule has 0 unspecified atom stereocenters. The highest BCUT2D eigenvalue weighted by Gasteiger charge is 2.28. The summed E-state index contributed by atoms with van der Waals surface area (Å²) in [6.07, 6.45) is 0.621. The van der Waals surface area contributed by atoms with E-state index in [4.69, 9.17) is 27.9 Å². The standard InChI is InChI=1S/C24H24Cl2N2O4S/c1-3-23(17-9-12-19(32-2)13-10-17)27-24(29)16-28(18-11-14-21(25)22(26)15-18)33(30,31)20-7-5-4-6-8-20/h4-15,23H,3,16H2,1-2H3,(H,27,29)/t23-/m1/s1. The maximum atomic E-state index is 13.4. The highest BCUT2D eigenvalue weighted by molar-refractivity contribution is 7.92. The largest absolute Gasteiger partial charge is 0.497 e. The number of benzene rings is 3. The van der Waals surface area contributed by atoms with Crippen molar-refractivity contribution in [2.75, 3.05) is 18.0 Å². The number of sulfonamides is 1. The van der Waals surface area contributed by atoms with Crippen LogP contribution in [0.1, 0.15) is 24.9 Å². The fourth-order valence-electron chi connectivity index (χ4n) is 3.30. The first-order chi connectivity index (χ1) is 15.8. The van der Waals surface area contributed by atoms with E-state index >= 15 is 0 Å². The van der Waals surface area contributed by atoms with Crippen LogP contribution in [0.25, 0.3) is 0 Å². The molecule has 1 amide bonds. The summed E-state index contributed by atoms with van der Waals surface area (Å²) >= 11 is 12.1. The van der Waals surface area contributed by atoms with Crippen molar-refractivity contribution < 1.29 is 17.9 Å². The molecule has 0 fully saturated rings. The summed E-state index contributed by atoms with van der Waals surface area (Å²) in [4.78, 5) is 13.1. The van der Waals surface area contributed by atoms with Crippen LogP contribution < -0.4 is 14.4 Å². The average molecular weight is 507 g/mol. The normalized spacial score (nSPS) is 12.1. The Bertz CT molecular complexity index is 1200. The summed E-state index contributed by atoms with van der Waals surface area (Å²) in [6.45, 7) is 1.51. The molecule has 0 spiro atoms. The summed E-state index contributed by atoms with van der Waals surface area (Å²) in [7, 11) is -2.46. The molecule has 0 aliphatic carbocycles. The number of carbonyl (C=O) groups excluding carboxylic acids is 1. The SMILES string of the molecule is CC[C@@H](NC(=O)CN(c1ccc(Cl)c(Cl)c1)S(=O)(=O)c1ccccc1)c1ccc(OC)cc1. The Hall–Kier alpha value is -2.74. The van der Waals surface area contributed by atoms with Gasteiger partial charge in [-0.3, -0.25) is 9.10 Å². The van der Waals surface area contributed by atoms with Crippen LogP contribution in [-0.4, -0.2) is 28.0 Å². The van der Waals surface area contributed by atoms with Gasteiger partial charge in [0.25, 0.3) is 10.0 Å². The van der Waals surface area contributed by atoms with Crippen molar-refractivity contribution in [3.8, 4) is 5.75 Å². The average Bonchev–Trinajstić information content (AvgIpc) is 2.83.